The molecule has 0 amide bonds. The Bertz CT molecular complexity index is 30.5. The summed E-state index contributed by atoms with van der Waals surface area (Å²) >= 11 is 5.27. The normalized spacial score (nSPS) is 7.71. The Kier molecular flexibility index (Phi) is 15.7. The van der Waals surface area contributed by atoms with Crippen LogP contribution < -0.4 is 0 Å². The average Bonchev–Trinajstić information content (AvgIpc) is 1.61. The van der Waals surface area contributed by atoms with Crippen molar-refractivity contribution in [1.82, 2.24) is 0 Å². The molecule has 0 aromatic heterocycles. The Labute approximate surface area is 68.2 Å². The zero-order valence-electron chi connectivity index (χ0n) is 6.36. The number of rotatable bonds is 3. The zero-order chi connectivity index (χ0) is 4.83. The van der Waals surface area contributed by atoms with Crippen LogP contribution >= 0.6 is 11.6 Å². The van der Waals surface area contributed by atoms with E-state index >= 15 is 0 Å². The van der Waals surface area contributed by atoms with Gasteiger partial charge >= 0.3 is 23.1 Å². The summed E-state index contributed by atoms with van der Waals surface area (Å²) < 4.78 is 0. The summed E-state index contributed by atoms with van der Waals surface area (Å²) in [7, 11) is 0. The van der Waals surface area contributed by atoms with E-state index in [0.717, 1.165) is 12.8 Å². The molecule has 1 N–H and O–H groups in total. The van der Waals surface area contributed by atoms with Crippen LogP contribution in [0.2, 0.25) is 0 Å². The largest absolute Gasteiger partial charge is 2.00 e. The Balaban J connectivity index is -0.0000000417. The molecule has 0 radical (unpaired) electrons. The Hall–Kier alpha value is 1.02. The van der Waals surface area contributed by atoms with Gasteiger partial charge in [-0.3, -0.25) is 0 Å². The third kappa shape index (κ3) is 10.9. The topological polar surface area (TPSA) is 20.2 Å². The van der Waals surface area contributed by atoms with Crippen molar-refractivity contribution in [2.24, 2.45) is 0 Å². The van der Waals surface area contributed by atoms with Crippen LogP contribution in [0.25, 0.3) is 0 Å². The molecule has 0 saturated carbocycles. The molecule has 0 aliphatic carbocycles. The maximum absolute atomic E-state index is 8.14. The quantitative estimate of drug-likeness (QED) is 0.345. The summed E-state index contributed by atoms with van der Waals surface area (Å²) in [6.07, 6.45) is 1.77. The second-order valence-corrected chi connectivity index (χ2v) is 1.50. The van der Waals surface area contributed by atoms with E-state index in [1.807, 2.05) is 0 Å². The van der Waals surface area contributed by atoms with Gasteiger partial charge in [-0.2, -0.15) is 0 Å². The van der Waals surface area contributed by atoms with Crippen LogP contribution in [0.1, 0.15) is 15.7 Å². The molecule has 0 bridgehead atoms. The third-order valence-electron chi connectivity index (χ3n) is 0.542. The predicted octanol–water partition coefficient (Wildman–Crippen LogP) is 0.842. The minimum absolute atomic E-state index is 0. The van der Waals surface area contributed by atoms with E-state index in [1.54, 1.807) is 0 Å². The van der Waals surface area contributed by atoms with Crippen molar-refractivity contribution in [3.05, 3.63) is 0 Å². The second kappa shape index (κ2) is 10.1. The molecule has 0 heterocycles. The number of hydrogen-bond donors (Lipinski definition) is 1. The molecule has 0 rings (SSSR count). The van der Waals surface area contributed by atoms with Gasteiger partial charge in [0.25, 0.3) is 0 Å². The molecule has 1 nitrogen and oxygen atoms in total. The maximum atomic E-state index is 8.14. The second-order valence-electron chi connectivity index (χ2n) is 1.12. The van der Waals surface area contributed by atoms with Gasteiger partial charge in [-0.25, -0.2) is 0 Å². The van der Waals surface area contributed by atoms with E-state index in [2.05, 4.69) is 0 Å². The van der Waals surface area contributed by atoms with Gasteiger partial charge < -0.3 is 7.96 Å². The SMILES string of the molecule is OCCCCCl.[H-].[H-].[Mg+2]. The molecule has 0 aromatic carbocycles. The monoisotopic (exact) mass is 134 g/mol. The number of aliphatic hydroxyl groups is 1. The van der Waals surface area contributed by atoms with Crippen molar-refractivity contribution in [2.45, 2.75) is 12.8 Å². The minimum atomic E-state index is 0. The minimum Gasteiger partial charge on any atom is -1.00 e. The van der Waals surface area contributed by atoms with Crippen molar-refractivity contribution >= 4 is 34.7 Å². The van der Waals surface area contributed by atoms with Crippen molar-refractivity contribution in [1.29, 1.82) is 0 Å². The van der Waals surface area contributed by atoms with Crippen LogP contribution in [-0.2, 0) is 0 Å². The third-order valence-corrected chi connectivity index (χ3v) is 0.809. The fraction of sp³-hybridized carbons (Fsp3) is 1.00. The van der Waals surface area contributed by atoms with Crippen molar-refractivity contribution < 1.29 is 7.96 Å². The predicted molar refractivity (Wildman–Crippen MR) is 35.0 cm³/mol. The van der Waals surface area contributed by atoms with Crippen LogP contribution in [0.5, 0.6) is 0 Å². The van der Waals surface area contributed by atoms with Crippen molar-refractivity contribution in [3.63, 3.8) is 0 Å². The standard InChI is InChI=1S/C4H9ClO.Mg.2H/c5-3-1-2-4-6;;;/h6H,1-4H2;;;/q;+2;2*-1. The summed E-state index contributed by atoms with van der Waals surface area (Å²) in [6, 6.07) is 0. The molecule has 3 heteroatoms. The van der Waals surface area contributed by atoms with Gasteiger partial charge in [-0.15, -0.1) is 11.6 Å². The van der Waals surface area contributed by atoms with Gasteiger partial charge in [-0.05, 0) is 12.8 Å². The Morgan fingerprint density at radius 1 is 1.43 bits per heavy atom. The molecule has 0 saturated heterocycles. The summed E-state index contributed by atoms with van der Waals surface area (Å²) in [4.78, 5) is 0. The van der Waals surface area contributed by atoms with E-state index in [4.69, 9.17) is 16.7 Å². The molecule has 0 unspecified atom stereocenters. The first kappa shape index (κ1) is 10.9. The first-order chi connectivity index (χ1) is 2.91. The molecule has 0 aliphatic rings. The summed E-state index contributed by atoms with van der Waals surface area (Å²) in [5.74, 6) is 0.667. The average molecular weight is 135 g/mol. The molecule has 42 valence electrons. The molecule has 0 aromatic rings. The van der Waals surface area contributed by atoms with E-state index in [1.165, 1.54) is 0 Å². The fourth-order valence-electron chi connectivity index (χ4n) is 0.206. The molecule has 0 aliphatic heterocycles. The van der Waals surface area contributed by atoms with Gasteiger partial charge in [0.15, 0.2) is 0 Å². The van der Waals surface area contributed by atoms with Crippen molar-refractivity contribution in [3.8, 4) is 0 Å². The smallest absolute Gasteiger partial charge is 1.00 e. The van der Waals surface area contributed by atoms with Crippen LogP contribution in [0.15, 0.2) is 0 Å². The van der Waals surface area contributed by atoms with E-state index in [0.29, 0.717) is 5.88 Å². The van der Waals surface area contributed by atoms with Crippen LogP contribution in [-0.4, -0.2) is 40.6 Å². The van der Waals surface area contributed by atoms with Gasteiger partial charge in [0, 0.05) is 12.5 Å². The molecule has 0 spiro atoms. The van der Waals surface area contributed by atoms with Gasteiger partial charge in [0.1, 0.15) is 0 Å². The molecular formula is C4H11ClMgO. The summed E-state index contributed by atoms with van der Waals surface area (Å²) in [6.45, 7) is 0.271. The van der Waals surface area contributed by atoms with Gasteiger partial charge in [-0.1, -0.05) is 0 Å². The van der Waals surface area contributed by atoms with Crippen molar-refractivity contribution in [2.75, 3.05) is 12.5 Å². The maximum Gasteiger partial charge on any atom is 2.00 e. The zero-order valence-corrected chi connectivity index (χ0v) is 6.53. The first-order valence-corrected chi connectivity index (χ1v) is 2.62. The number of halogens is 1. The molecule has 0 atom stereocenters. The van der Waals surface area contributed by atoms with E-state index < -0.39 is 0 Å². The first-order valence-electron chi connectivity index (χ1n) is 2.08. The Morgan fingerprint density at radius 3 is 2.14 bits per heavy atom. The Morgan fingerprint density at radius 2 is 2.00 bits per heavy atom. The molecule has 7 heavy (non-hydrogen) atoms. The fourth-order valence-corrected chi connectivity index (χ4v) is 0.395. The van der Waals surface area contributed by atoms with Gasteiger partial charge in [0.2, 0.25) is 0 Å². The number of hydrogen-bond acceptors (Lipinski definition) is 1. The molecular weight excluding hydrogens is 124 g/mol. The summed E-state index contributed by atoms with van der Waals surface area (Å²) in [5, 5.41) is 8.14. The van der Waals surface area contributed by atoms with E-state index in [-0.39, 0.29) is 32.5 Å². The van der Waals surface area contributed by atoms with E-state index in [9.17, 15) is 0 Å². The number of aliphatic hydroxyl groups excluding tert-OH is 1. The number of alkyl halides is 1. The van der Waals surface area contributed by atoms with Gasteiger partial charge in [0.05, 0.1) is 0 Å². The van der Waals surface area contributed by atoms with Crippen LogP contribution in [0, 0.1) is 0 Å². The summed E-state index contributed by atoms with van der Waals surface area (Å²) in [5.41, 5.74) is 0. The van der Waals surface area contributed by atoms with Crippen LogP contribution in [0.4, 0.5) is 0 Å². The molecule has 0 fully saturated rings. The number of unbranched alkanes of at least 4 members (excludes halogenated alkanes) is 1. The van der Waals surface area contributed by atoms with Crippen LogP contribution in [0.3, 0.4) is 0 Å².